The van der Waals surface area contributed by atoms with Crippen molar-refractivity contribution in [2.24, 2.45) is 0 Å². The van der Waals surface area contributed by atoms with Crippen LogP contribution in [0.15, 0.2) is 53.6 Å². The highest BCUT2D eigenvalue weighted by Gasteiger charge is 2.51. The molecule has 3 aromatic rings. The maximum Gasteiger partial charge on any atom is 0.494 e. The summed E-state index contributed by atoms with van der Waals surface area (Å²) < 4.78 is 13.8. The lowest BCUT2D eigenvalue weighted by Crippen LogP contribution is -2.41. The third-order valence-corrected chi connectivity index (χ3v) is 5.67. The Hall–Kier alpha value is -2.97. The summed E-state index contributed by atoms with van der Waals surface area (Å²) in [5, 5.41) is 9.71. The van der Waals surface area contributed by atoms with Gasteiger partial charge in [0, 0.05) is 18.1 Å². The molecule has 0 spiro atoms. The topological polar surface area (TPSA) is 90.7 Å². The molecule has 29 heavy (non-hydrogen) atoms. The van der Waals surface area contributed by atoms with Crippen LogP contribution < -0.4 is 10.9 Å². The molecule has 0 amide bonds. The summed E-state index contributed by atoms with van der Waals surface area (Å²) >= 11 is 0. The monoisotopic (exact) mass is 392 g/mol. The number of carboxylic acids is 1. The second kappa shape index (κ2) is 6.54. The smallest absolute Gasteiger partial charge is 0.477 e. The van der Waals surface area contributed by atoms with Crippen LogP contribution in [-0.4, -0.2) is 38.9 Å². The van der Waals surface area contributed by atoms with Crippen molar-refractivity contribution in [2.75, 3.05) is 0 Å². The van der Waals surface area contributed by atoms with Gasteiger partial charge in [-0.25, -0.2) is 9.78 Å². The average molecular weight is 392 g/mol. The van der Waals surface area contributed by atoms with Crippen molar-refractivity contribution < 1.29 is 19.2 Å². The van der Waals surface area contributed by atoms with E-state index in [1.165, 1.54) is 6.20 Å². The average Bonchev–Trinajstić information content (AvgIpc) is 2.89. The third kappa shape index (κ3) is 3.14. The van der Waals surface area contributed by atoms with Gasteiger partial charge < -0.3 is 19.0 Å². The number of nitrogens with zero attached hydrogens (tertiary/aromatic N) is 2. The molecule has 148 valence electrons. The number of carboxylic acid groups (broad SMARTS) is 1. The van der Waals surface area contributed by atoms with Gasteiger partial charge in [-0.15, -0.1) is 0 Å². The van der Waals surface area contributed by atoms with E-state index < -0.39 is 29.7 Å². The van der Waals surface area contributed by atoms with Gasteiger partial charge in [-0.3, -0.25) is 4.79 Å². The van der Waals surface area contributed by atoms with E-state index in [9.17, 15) is 14.7 Å². The second-order valence-corrected chi connectivity index (χ2v) is 8.10. The van der Waals surface area contributed by atoms with E-state index in [2.05, 4.69) is 4.98 Å². The molecule has 1 aliphatic rings. The van der Waals surface area contributed by atoms with Crippen LogP contribution in [0, 0.1) is 0 Å². The first kappa shape index (κ1) is 19.4. The van der Waals surface area contributed by atoms with E-state index in [4.69, 9.17) is 9.31 Å². The molecule has 1 saturated heterocycles. The van der Waals surface area contributed by atoms with Gasteiger partial charge in [-0.05, 0) is 57.4 Å². The molecule has 0 aliphatic carbocycles. The van der Waals surface area contributed by atoms with Gasteiger partial charge in [0.15, 0.2) is 0 Å². The molecule has 7 nitrogen and oxygen atoms in total. The van der Waals surface area contributed by atoms with Gasteiger partial charge >= 0.3 is 13.1 Å². The molecule has 8 heteroatoms. The molecule has 3 heterocycles. The predicted molar refractivity (Wildman–Crippen MR) is 110 cm³/mol. The fraction of sp³-hybridized carbons (Fsp3) is 0.286. The van der Waals surface area contributed by atoms with Crippen molar-refractivity contribution in [3.63, 3.8) is 0 Å². The minimum absolute atomic E-state index is 0.244. The van der Waals surface area contributed by atoms with Crippen molar-refractivity contribution in [3.05, 3.63) is 64.6 Å². The van der Waals surface area contributed by atoms with E-state index in [1.54, 1.807) is 22.9 Å². The highest BCUT2D eigenvalue weighted by molar-refractivity contribution is 6.62. The summed E-state index contributed by atoms with van der Waals surface area (Å²) in [6, 6.07) is 10.6. The van der Waals surface area contributed by atoms with Crippen molar-refractivity contribution in [3.8, 4) is 5.69 Å². The highest BCUT2D eigenvalue weighted by atomic mass is 16.7. The Bertz CT molecular complexity index is 1170. The zero-order valence-corrected chi connectivity index (χ0v) is 16.7. The fourth-order valence-electron chi connectivity index (χ4n) is 3.31. The Balaban J connectivity index is 1.86. The number of pyridine rings is 2. The molecule has 1 aromatic carbocycles. The molecule has 4 rings (SSSR count). The van der Waals surface area contributed by atoms with Crippen LogP contribution in [0.5, 0.6) is 0 Å². The third-order valence-electron chi connectivity index (χ3n) is 5.67. The van der Waals surface area contributed by atoms with Crippen LogP contribution in [0.4, 0.5) is 0 Å². The Morgan fingerprint density at radius 1 is 1.10 bits per heavy atom. The molecule has 1 fully saturated rings. The van der Waals surface area contributed by atoms with Crippen molar-refractivity contribution in [1.29, 1.82) is 0 Å². The van der Waals surface area contributed by atoms with E-state index >= 15 is 0 Å². The SMILES string of the molecule is CC1(C)OB(c2cccc(-n3cc(C(=O)O)c(=O)c4cccnc43)c2)OC1(C)C. The van der Waals surface area contributed by atoms with Crippen molar-refractivity contribution >= 4 is 29.6 Å². The maximum absolute atomic E-state index is 12.5. The number of benzene rings is 1. The molecular weight excluding hydrogens is 371 g/mol. The lowest BCUT2D eigenvalue weighted by Gasteiger charge is -2.32. The van der Waals surface area contributed by atoms with E-state index in [0.29, 0.717) is 11.3 Å². The maximum atomic E-state index is 12.5. The zero-order valence-electron chi connectivity index (χ0n) is 16.7. The molecule has 1 N–H and O–H groups in total. The van der Waals surface area contributed by atoms with Crippen LogP contribution in [0.1, 0.15) is 38.1 Å². The van der Waals surface area contributed by atoms with Gasteiger partial charge in [0.1, 0.15) is 11.2 Å². The Kier molecular flexibility index (Phi) is 4.36. The number of hydrogen-bond donors (Lipinski definition) is 1. The first-order chi connectivity index (χ1) is 13.6. The van der Waals surface area contributed by atoms with Gasteiger partial charge in [0.05, 0.1) is 16.6 Å². The summed E-state index contributed by atoms with van der Waals surface area (Å²) in [4.78, 5) is 28.4. The number of rotatable bonds is 3. The molecule has 0 atom stereocenters. The standard InChI is InChI=1S/C21H21BN2O5/c1-20(2)21(3,4)29-22(28-20)13-7-5-8-14(11-13)24-12-16(19(26)27)17(25)15-9-6-10-23-18(15)24/h5-12H,1-4H3,(H,26,27). The Morgan fingerprint density at radius 2 is 1.79 bits per heavy atom. The molecule has 0 unspecified atom stereocenters. The van der Waals surface area contributed by atoms with Crippen LogP contribution in [0.2, 0.25) is 0 Å². The summed E-state index contributed by atoms with van der Waals surface area (Å²) in [6.45, 7) is 7.93. The zero-order chi connectivity index (χ0) is 21.0. The predicted octanol–water partition coefficient (Wildman–Crippen LogP) is 2.38. The summed E-state index contributed by atoms with van der Waals surface area (Å²) in [5.74, 6) is -1.28. The number of fused-ring (bicyclic) bond motifs is 1. The van der Waals surface area contributed by atoms with Gasteiger partial charge in [0.2, 0.25) is 5.43 Å². The summed E-state index contributed by atoms with van der Waals surface area (Å²) in [7, 11) is -0.558. The molecule has 2 aromatic heterocycles. The van der Waals surface area contributed by atoms with E-state index in [-0.39, 0.29) is 10.9 Å². The lowest BCUT2D eigenvalue weighted by molar-refractivity contribution is 0.00578. The Morgan fingerprint density at radius 3 is 2.45 bits per heavy atom. The second-order valence-electron chi connectivity index (χ2n) is 8.10. The normalized spacial score (nSPS) is 17.6. The highest BCUT2D eigenvalue weighted by Crippen LogP contribution is 2.36. The van der Waals surface area contributed by atoms with E-state index in [0.717, 1.165) is 5.46 Å². The first-order valence-corrected chi connectivity index (χ1v) is 9.30. The largest absolute Gasteiger partial charge is 0.494 e. The van der Waals surface area contributed by atoms with Gasteiger partial charge in [-0.2, -0.15) is 0 Å². The number of hydrogen-bond acceptors (Lipinski definition) is 5. The molecule has 1 aliphatic heterocycles. The minimum Gasteiger partial charge on any atom is -0.477 e. The first-order valence-electron chi connectivity index (χ1n) is 9.30. The summed E-state index contributed by atoms with van der Waals surface area (Å²) in [6.07, 6.45) is 2.88. The van der Waals surface area contributed by atoms with Crippen LogP contribution in [0.3, 0.4) is 0 Å². The number of aromatic carboxylic acids is 1. The molecule has 0 bridgehead atoms. The van der Waals surface area contributed by atoms with Crippen molar-refractivity contribution in [1.82, 2.24) is 9.55 Å². The van der Waals surface area contributed by atoms with Crippen LogP contribution >= 0.6 is 0 Å². The molecule has 0 radical (unpaired) electrons. The Labute approximate surface area is 168 Å². The minimum atomic E-state index is -1.28. The number of aromatic nitrogens is 2. The van der Waals surface area contributed by atoms with Crippen LogP contribution in [0.25, 0.3) is 16.7 Å². The van der Waals surface area contributed by atoms with Crippen molar-refractivity contribution in [2.45, 2.75) is 38.9 Å². The summed E-state index contributed by atoms with van der Waals surface area (Å²) in [5.41, 5.74) is 0.00850. The van der Waals surface area contributed by atoms with E-state index in [1.807, 2.05) is 52.0 Å². The fourth-order valence-corrected chi connectivity index (χ4v) is 3.31. The van der Waals surface area contributed by atoms with Gasteiger partial charge in [0.25, 0.3) is 0 Å². The molecule has 0 saturated carbocycles. The number of carbonyl (C=O) groups is 1. The van der Waals surface area contributed by atoms with Crippen LogP contribution in [-0.2, 0) is 9.31 Å². The quantitative estimate of drug-likeness (QED) is 0.689. The molecular formula is C21H21BN2O5. The van der Waals surface area contributed by atoms with Gasteiger partial charge in [-0.1, -0.05) is 12.1 Å². The lowest BCUT2D eigenvalue weighted by atomic mass is 9.79.